The van der Waals surface area contributed by atoms with Gasteiger partial charge >= 0.3 is 0 Å². The van der Waals surface area contributed by atoms with Crippen LogP contribution in [-0.2, 0) is 11.2 Å². The van der Waals surface area contributed by atoms with Crippen LogP contribution in [0.2, 0.25) is 0 Å². The molecule has 2 saturated heterocycles. The number of hydrogen-bond acceptors (Lipinski definition) is 5. The van der Waals surface area contributed by atoms with E-state index < -0.39 is 0 Å². The van der Waals surface area contributed by atoms with Crippen LogP contribution in [0.25, 0.3) is 11.5 Å². The molecule has 3 heterocycles. The number of aromatic nitrogens is 2. The van der Waals surface area contributed by atoms with Crippen molar-refractivity contribution in [1.82, 2.24) is 20.0 Å². The van der Waals surface area contributed by atoms with Gasteiger partial charge in [-0.05, 0) is 37.6 Å². The number of carbonyl (C=O) groups excluding carboxylic acids is 1. The van der Waals surface area contributed by atoms with Crippen molar-refractivity contribution in [1.29, 1.82) is 0 Å². The Morgan fingerprint density at radius 1 is 1.03 bits per heavy atom. The van der Waals surface area contributed by atoms with Gasteiger partial charge in [0.05, 0.1) is 6.04 Å². The molecule has 3 aromatic rings. The van der Waals surface area contributed by atoms with E-state index >= 15 is 0 Å². The molecule has 0 N–H and O–H groups in total. The highest BCUT2D eigenvalue weighted by atomic mass is 16.4. The largest absolute Gasteiger partial charge is 0.419 e. The molecule has 1 unspecified atom stereocenters. The van der Waals surface area contributed by atoms with Crippen LogP contribution < -0.4 is 0 Å². The topological polar surface area (TPSA) is 62.5 Å². The second-order valence-electron chi connectivity index (χ2n) is 8.68. The second kappa shape index (κ2) is 7.69. The third-order valence-electron chi connectivity index (χ3n) is 6.37. The van der Waals surface area contributed by atoms with Crippen molar-refractivity contribution in [3.05, 3.63) is 72.1 Å². The molecular weight excluding hydrogens is 376 g/mol. The molecule has 1 atom stereocenters. The van der Waals surface area contributed by atoms with Gasteiger partial charge in [-0.3, -0.25) is 9.69 Å². The summed E-state index contributed by atoms with van der Waals surface area (Å²) in [6.45, 7) is 2.59. The molecule has 2 aliphatic heterocycles. The monoisotopic (exact) mass is 402 g/mol. The molecule has 5 rings (SSSR count). The summed E-state index contributed by atoms with van der Waals surface area (Å²) in [4.78, 5) is 16.9. The van der Waals surface area contributed by atoms with E-state index in [1.807, 2.05) is 53.4 Å². The fourth-order valence-electron chi connectivity index (χ4n) is 4.84. The van der Waals surface area contributed by atoms with Crippen molar-refractivity contribution < 1.29 is 9.21 Å². The zero-order valence-electron chi connectivity index (χ0n) is 17.2. The van der Waals surface area contributed by atoms with Gasteiger partial charge < -0.3 is 9.32 Å². The van der Waals surface area contributed by atoms with Crippen molar-refractivity contribution in [3.63, 3.8) is 0 Å². The minimum absolute atomic E-state index is 0.108. The smallest absolute Gasteiger partial charge is 0.247 e. The number of amides is 1. The van der Waals surface area contributed by atoms with Crippen LogP contribution in [0.1, 0.15) is 30.3 Å². The maximum atomic E-state index is 12.6. The van der Waals surface area contributed by atoms with Crippen LogP contribution in [0.4, 0.5) is 0 Å². The van der Waals surface area contributed by atoms with E-state index in [9.17, 15) is 4.79 Å². The molecule has 1 amide bonds. The van der Waals surface area contributed by atoms with Gasteiger partial charge in [0.15, 0.2) is 0 Å². The molecule has 2 aromatic carbocycles. The molecule has 6 nitrogen and oxygen atoms in total. The molecule has 6 heteroatoms. The lowest BCUT2D eigenvalue weighted by Crippen LogP contribution is -2.59. The zero-order chi connectivity index (χ0) is 20.6. The van der Waals surface area contributed by atoms with E-state index in [4.69, 9.17) is 4.42 Å². The number of nitrogens with zero attached hydrogens (tertiary/aromatic N) is 4. The molecule has 154 valence electrons. The number of hydrogen-bond donors (Lipinski definition) is 0. The number of rotatable bonds is 5. The van der Waals surface area contributed by atoms with Crippen LogP contribution in [0.5, 0.6) is 0 Å². The Morgan fingerprint density at radius 2 is 1.73 bits per heavy atom. The first-order valence-electron chi connectivity index (χ1n) is 10.5. The lowest BCUT2D eigenvalue weighted by atomic mass is 9.77. The van der Waals surface area contributed by atoms with Crippen molar-refractivity contribution in [2.45, 2.75) is 25.3 Å². The van der Waals surface area contributed by atoms with E-state index in [0.717, 1.165) is 38.0 Å². The predicted molar refractivity (Wildman–Crippen MR) is 113 cm³/mol. The highest BCUT2D eigenvalue weighted by Crippen LogP contribution is 2.47. The molecule has 30 heavy (non-hydrogen) atoms. The summed E-state index contributed by atoms with van der Waals surface area (Å²) in [5, 5.41) is 8.57. The fraction of sp³-hybridized carbons (Fsp3) is 0.375. The summed E-state index contributed by atoms with van der Waals surface area (Å²) < 4.78 is 6.00. The van der Waals surface area contributed by atoms with Gasteiger partial charge in [-0.15, -0.1) is 10.2 Å². The van der Waals surface area contributed by atoms with Gasteiger partial charge in [-0.2, -0.15) is 0 Å². The van der Waals surface area contributed by atoms with E-state index in [1.165, 1.54) is 5.56 Å². The Kier molecular flexibility index (Phi) is 4.87. The third kappa shape index (κ3) is 3.63. The van der Waals surface area contributed by atoms with Gasteiger partial charge in [0.2, 0.25) is 17.7 Å². The summed E-state index contributed by atoms with van der Waals surface area (Å²) in [5.74, 6) is 1.48. The Hall–Kier alpha value is -2.99. The van der Waals surface area contributed by atoms with Gasteiger partial charge in [0, 0.05) is 37.0 Å². The number of carbonyl (C=O) groups is 1. The maximum absolute atomic E-state index is 12.6. The number of aryl methyl sites for hydroxylation is 1. The SMILES string of the molecule is CN1CC2(CC1c1nnc(-c3ccccc3)o1)CN(C(=O)CCc1ccccc1)C2. The minimum atomic E-state index is 0.108. The molecule has 0 aliphatic carbocycles. The standard InChI is InChI=1S/C24H26N4O2/c1-27-15-24(16-28(17-24)21(29)13-12-18-8-4-2-5-9-18)14-20(27)23-26-25-22(30-23)19-10-6-3-7-11-19/h2-11,20H,12-17H2,1H3. The molecule has 0 bridgehead atoms. The molecule has 1 spiro atoms. The quantitative estimate of drug-likeness (QED) is 0.653. The van der Waals surface area contributed by atoms with E-state index in [-0.39, 0.29) is 17.4 Å². The van der Waals surface area contributed by atoms with Crippen molar-refractivity contribution in [2.24, 2.45) is 5.41 Å². The van der Waals surface area contributed by atoms with Crippen molar-refractivity contribution >= 4 is 5.91 Å². The normalized spacial score (nSPS) is 20.4. The number of likely N-dealkylation sites (tertiary alicyclic amines) is 2. The summed E-state index contributed by atoms with van der Waals surface area (Å²) in [5.41, 5.74) is 2.29. The molecule has 0 radical (unpaired) electrons. The lowest BCUT2D eigenvalue weighted by Gasteiger charge is -2.48. The Labute approximate surface area is 176 Å². The first-order valence-corrected chi connectivity index (χ1v) is 10.5. The Morgan fingerprint density at radius 3 is 2.47 bits per heavy atom. The first-order chi connectivity index (χ1) is 14.6. The summed E-state index contributed by atoms with van der Waals surface area (Å²) in [6, 6.07) is 20.2. The second-order valence-corrected chi connectivity index (χ2v) is 8.68. The van der Waals surface area contributed by atoms with Crippen LogP contribution in [0, 0.1) is 5.41 Å². The van der Waals surface area contributed by atoms with E-state index in [0.29, 0.717) is 18.2 Å². The highest BCUT2D eigenvalue weighted by molar-refractivity contribution is 5.77. The van der Waals surface area contributed by atoms with Crippen molar-refractivity contribution in [3.8, 4) is 11.5 Å². The van der Waals surface area contributed by atoms with E-state index in [2.05, 4.69) is 34.3 Å². The first kappa shape index (κ1) is 19.0. The fourth-order valence-corrected chi connectivity index (χ4v) is 4.84. The number of benzene rings is 2. The van der Waals surface area contributed by atoms with Gasteiger partial charge in [-0.1, -0.05) is 48.5 Å². The van der Waals surface area contributed by atoms with Crippen LogP contribution in [0.3, 0.4) is 0 Å². The predicted octanol–water partition coefficient (Wildman–Crippen LogP) is 3.57. The van der Waals surface area contributed by atoms with Crippen LogP contribution in [-0.4, -0.2) is 52.6 Å². The Balaban J connectivity index is 1.19. The molecule has 0 saturated carbocycles. The summed E-state index contributed by atoms with van der Waals surface area (Å²) >= 11 is 0. The van der Waals surface area contributed by atoms with Crippen molar-refractivity contribution in [2.75, 3.05) is 26.7 Å². The average Bonchev–Trinajstić information content (AvgIpc) is 3.37. The highest BCUT2D eigenvalue weighted by Gasteiger charge is 2.53. The molecule has 2 fully saturated rings. The third-order valence-corrected chi connectivity index (χ3v) is 6.37. The Bertz CT molecular complexity index is 1010. The van der Waals surface area contributed by atoms with Crippen LogP contribution in [0.15, 0.2) is 65.1 Å². The van der Waals surface area contributed by atoms with E-state index in [1.54, 1.807) is 0 Å². The molecule has 2 aliphatic rings. The zero-order valence-corrected chi connectivity index (χ0v) is 17.2. The minimum Gasteiger partial charge on any atom is -0.419 e. The summed E-state index contributed by atoms with van der Waals surface area (Å²) in [7, 11) is 2.10. The lowest BCUT2D eigenvalue weighted by molar-refractivity contribution is -0.142. The summed E-state index contributed by atoms with van der Waals surface area (Å²) in [6.07, 6.45) is 2.32. The van der Waals surface area contributed by atoms with Gasteiger partial charge in [0.25, 0.3) is 0 Å². The van der Waals surface area contributed by atoms with Gasteiger partial charge in [0.1, 0.15) is 0 Å². The average molecular weight is 402 g/mol. The molecular formula is C24H26N4O2. The van der Waals surface area contributed by atoms with Crippen LogP contribution >= 0.6 is 0 Å². The van der Waals surface area contributed by atoms with Gasteiger partial charge in [-0.25, -0.2) is 0 Å². The molecule has 1 aromatic heterocycles. The maximum Gasteiger partial charge on any atom is 0.247 e.